The Morgan fingerprint density at radius 3 is 2.71 bits per heavy atom. The van der Waals surface area contributed by atoms with Crippen molar-refractivity contribution in [2.24, 2.45) is 11.7 Å². The number of thiocarbonyl (C=S) groups is 1. The number of hydrogen-bond acceptors (Lipinski definition) is 2. The maximum atomic E-state index is 5.75. The quantitative estimate of drug-likeness (QED) is 0.787. The summed E-state index contributed by atoms with van der Waals surface area (Å²) in [6.07, 6.45) is 2.40. The third-order valence-electron chi connectivity index (χ3n) is 2.78. The molecule has 1 aromatic carbocycles. The van der Waals surface area contributed by atoms with Crippen LogP contribution in [0.5, 0.6) is 5.75 Å². The highest BCUT2D eigenvalue weighted by atomic mass is 32.1. The number of ether oxygens (including phenoxy) is 1. The average molecular weight is 251 g/mol. The first-order chi connectivity index (χ1) is 8.04. The van der Waals surface area contributed by atoms with Crippen LogP contribution < -0.4 is 10.5 Å². The molecule has 2 nitrogen and oxygen atoms in total. The highest BCUT2D eigenvalue weighted by Gasteiger charge is 2.05. The number of nitrogens with two attached hydrogens (primary N) is 1. The van der Waals surface area contributed by atoms with Gasteiger partial charge in [0.15, 0.2) is 0 Å². The Labute approximate surface area is 109 Å². The van der Waals surface area contributed by atoms with E-state index < -0.39 is 0 Å². The average Bonchev–Trinajstić information content (AvgIpc) is 2.26. The molecule has 1 aromatic rings. The Morgan fingerprint density at radius 1 is 1.47 bits per heavy atom. The van der Waals surface area contributed by atoms with Crippen molar-refractivity contribution in [3.63, 3.8) is 0 Å². The minimum absolute atomic E-state index is 0.438. The monoisotopic (exact) mass is 251 g/mol. The third kappa shape index (κ3) is 4.35. The number of benzene rings is 1. The Morgan fingerprint density at radius 2 is 2.18 bits per heavy atom. The van der Waals surface area contributed by atoms with Crippen molar-refractivity contribution in [3.05, 3.63) is 29.3 Å². The fraction of sp³-hybridized carbons (Fsp3) is 0.500. The summed E-state index contributed by atoms with van der Waals surface area (Å²) in [4.78, 5) is 0.438. The van der Waals surface area contributed by atoms with Gasteiger partial charge in [0, 0.05) is 5.56 Å². The first-order valence-electron chi connectivity index (χ1n) is 6.07. The molecule has 1 atom stereocenters. The molecule has 0 fully saturated rings. The lowest BCUT2D eigenvalue weighted by atomic mass is 10.1. The van der Waals surface area contributed by atoms with Gasteiger partial charge in [0.25, 0.3) is 0 Å². The van der Waals surface area contributed by atoms with Crippen LogP contribution in [-0.4, -0.2) is 11.6 Å². The van der Waals surface area contributed by atoms with Crippen LogP contribution in [0.4, 0.5) is 0 Å². The Kier molecular flexibility index (Phi) is 5.42. The fourth-order valence-electron chi connectivity index (χ4n) is 1.82. The number of hydrogen-bond donors (Lipinski definition) is 1. The standard InChI is InChI=1S/C14H21NOS/c1-4-5-10(2)9-16-12-6-7-13(14(15)17)11(3)8-12/h6-8,10H,4-5,9H2,1-3H3,(H2,15,17). The van der Waals surface area contributed by atoms with E-state index >= 15 is 0 Å². The van der Waals surface area contributed by atoms with E-state index in [4.69, 9.17) is 22.7 Å². The topological polar surface area (TPSA) is 35.2 Å². The normalized spacial score (nSPS) is 12.2. The molecule has 94 valence electrons. The van der Waals surface area contributed by atoms with Crippen molar-refractivity contribution in [3.8, 4) is 5.75 Å². The molecule has 0 aliphatic heterocycles. The SMILES string of the molecule is CCCC(C)COc1ccc(C(N)=S)c(C)c1. The van der Waals surface area contributed by atoms with Crippen molar-refractivity contribution >= 4 is 17.2 Å². The zero-order valence-electron chi connectivity index (χ0n) is 10.8. The molecule has 0 saturated heterocycles. The predicted octanol–water partition coefficient (Wildman–Crippen LogP) is 3.44. The van der Waals surface area contributed by atoms with E-state index in [1.807, 2.05) is 25.1 Å². The van der Waals surface area contributed by atoms with Crippen molar-refractivity contribution in [2.45, 2.75) is 33.6 Å². The minimum Gasteiger partial charge on any atom is -0.493 e. The first kappa shape index (κ1) is 14.0. The molecule has 0 bridgehead atoms. The Balaban J connectivity index is 2.62. The Bertz CT molecular complexity index is 390. The summed E-state index contributed by atoms with van der Waals surface area (Å²) >= 11 is 4.97. The third-order valence-corrected chi connectivity index (χ3v) is 3.00. The second kappa shape index (κ2) is 6.60. The molecule has 17 heavy (non-hydrogen) atoms. The maximum Gasteiger partial charge on any atom is 0.119 e. The van der Waals surface area contributed by atoms with E-state index in [-0.39, 0.29) is 0 Å². The van der Waals surface area contributed by atoms with Crippen LogP contribution in [0.15, 0.2) is 18.2 Å². The molecule has 0 spiro atoms. The van der Waals surface area contributed by atoms with Crippen LogP contribution in [0.2, 0.25) is 0 Å². The molecule has 0 aliphatic carbocycles. The molecule has 2 N–H and O–H groups in total. The van der Waals surface area contributed by atoms with E-state index in [1.54, 1.807) is 0 Å². The zero-order chi connectivity index (χ0) is 12.8. The molecular formula is C14H21NOS. The predicted molar refractivity (Wildman–Crippen MR) is 76.6 cm³/mol. The lowest BCUT2D eigenvalue weighted by Gasteiger charge is -2.13. The summed E-state index contributed by atoms with van der Waals surface area (Å²) in [6.45, 7) is 7.16. The van der Waals surface area contributed by atoms with E-state index in [9.17, 15) is 0 Å². The van der Waals surface area contributed by atoms with Gasteiger partial charge in [-0.25, -0.2) is 0 Å². The van der Waals surface area contributed by atoms with E-state index in [1.165, 1.54) is 12.8 Å². The summed E-state index contributed by atoms with van der Waals surface area (Å²) in [5.41, 5.74) is 7.61. The van der Waals surface area contributed by atoms with Gasteiger partial charge in [-0.3, -0.25) is 0 Å². The largest absolute Gasteiger partial charge is 0.493 e. The van der Waals surface area contributed by atoms with Gasteiger partial charge in [-0.15, -0.1) is 0 Å². The molecule has 0 heterocycles. The summed E-state index contributed by atoms with van der Waals surface area (Å²) in [5, 5.41) is 0. The van der Waals surface area contributed by atoms with Gasteiger partial charge in [-0.05, 0) is 43.0 Å². The van der Waals surface area contributed by atoms with Crippen LogP contribution >= 0.6 is 12.2 Å². The van der Waals surface area contributed by atoms with Crippen molar-refractivity contribution in [1.82, 2.24) is 0 Å². The zero-order valence-corrected chi connectivity index (χ0v) is 11.6. The molecule has 0 saturated carbocycles. The lowest BCUT2D eigenvalue weighted by molar-refractivity contribution is 0.251. The summed E-state index contributed by atoms with van der Waals surface area (Å²) in [5.74, 6) is 1.49. The van der Waals surface area contributed by atoms with Crippen LogP contribution in [0.25, 0.3) is 0 Å². The van der Waals surface area contributed by atoms with Crippen molar-refractivity contribution in [1.29, 1.82) is 0 Å². The van der Waals surface area contributed by atoms with E-state index in [2.05, 4.69) is 13.8 Å². The molecule has 0 amide bonds. The number of aryl methyl sites for hydroxylation is 1. The molecule has 1 rings (SSSR count). The van der Waals surface area contributed by atoms with Crippen molar-refractivity contribution < 1.29 is 4.74 Å². The van der Waals surface area contributed by atoms with Crippen LogP contribution in [0.1, 0.15) is 37.8 Å². The molecule has 3 heteroatoms. The molecule has 0 aromatic heterocycles. The fourth-order valence-corrected chi connectivity index (χ4v) is 2.05. The van der Waals surface area contributed by atoms with E-state index in [0.717, 1.165) is 23.5 Å². The van der Waals surface area contributed by atoms with Crippen LogP contribution in [-0.2, 0) is 0 Å². The van der Waals surface area contributed by atoms with Gasteiger partial charge in [-0.2, -0.15) is 0 Å². The molecular weight excluding hydrogens is 230 g/mol. The summed E-state index contributed by atoms with van der Waals surface area (Å²) < 4.78 is 5.75. The molecule has 0 radical (unpaired) electrons. The Hall–Kier alpha value is -1.09. The first-order valence-corrected chi connectivity index (χ1v) is 6.48. The number of rotatable bonds is 6. The maximum absolute atomic E-state index is 5.75. The van der Waals surface area contributed by atoms with Gasteiger partial charge < -0.3 is 10.5 Å². The minimum atomic E-state index is 0.438. The smallest absolute Gasteiger partial charge is 0.119 e. The second-order valence-electron chi connectivity index (χ2n) is 4.55. The summed E-state index contributed by atoms with van der Waals surface area (Å²) in [6, 6.07) is 5.85. The highest BCUT2D eigenvalue weighted by molar-refractivity contribution is 7.80. The van der Waals surface area contributed by atoms with Gasteiger partial charge in [0.2, 0.25) is 0 Å². The summed E-state index contributed by atoms with van der Waals surface area (Å²) in [7, 11) is 0. The van der Waals surface area contributed by atoms with Gasteiger partial charge in [0.1, 0.15) is 10.7 Å². The van der Waals surface area contributed by atoms with Gasteiger partial charge in [-0.1, -0.05) is 32.5 Å². The van der Waals surface area contributed by atoms with Crippen LogP contribution in [0, 0.1) is 12.8 Å². The van der Waals surface area contributed by atoms with Crippen LogP contribution in [0.3, 0.4) is 0 Å². The molecule has 1 unspecified atom stereocenters. The van der Waals surface area contributed by atoms with Crippen molar-refractivity contribution in [2.75, 3.05) is 6.61 Å². The van der Waals surface area contributed by atoms with Gasteiger partial charge in [0.05, 0.1) is 6.61 Å². The second-order valence-corrected chi connectivity index (χ2v) is 4.99. The highest BCUT2D eigenvalue weighted by Crippen LogP contribution is 2.18. The molecule has 0 aliphatic rings. The van der Waals surface area contributed by atoms with E-state index in [0.29, 0.717) is 10.9 Å². The van der Waals surface area contributed by atoms with Gasteiger partial charge >= 0.3 is 0 Å². The lowest BCUT2D eigenvalue weighted by Crippen LogP contribution is -2.12.